The largest absolute Gasteiger partial charge is 0.261 e. The van der Waals surface area contributed by atoms with Gasteiger partial charge in [-0.2, -0.15) is 0 Å². The van der Waals surface area contributed by atoms with Crippen LogP contribution in [-0.2, 0) is 0 Å². The van der Waals surface area contributed by atoms with Gasteiger partial charge in [0, 0.05) is 0 Å². The lowest BCUT2D eigenvalue weighted by atomic mass is 10.0. The molecule has 0 amide bonds. The lowest BCUT2D eigenvalue weighted by Gasteiger charge is -2.14. The minimum atomic E-state index is -0.265. The van der Waals surface area contributed by atoms with E-state index in [4.69, 9.17) is 12.2 Å². The Morgan fingerprint density at radius 3 is 2.50 bits per heavy atom. The first-order valence-corrected chi connectivity index (χ1v) is 3.75. The van der Waals surface area contributed by atoms with Crippen LogP contribution in [0, 0.1) is 0 Å². The first-order chi connectivity index (χ1) is 4.54. The van der Waals surface area contributed by atoms with E-state index < -0.39 is 0 Å². The quantitative estimate of drug-likeness (QED) is 0.470. The highest BCUT2D eigenvalue weighted by molar-refractivity contribution is 8.13. The third kappa shape index (κ3) is 1.27. The fraction of sp³-hybridized carbons (Fsp3) is 0.500. The summed E-state index contributed by atoms with van der Waals surface area (Å²) in [5.74, 6) is 0. The summed E-state index contributed by atoms with van der Waals surface area (Å²) in [6.45, 7) is 3.91. The van der Waals surface area contributed by atoms with E-state index in [1.807, 2.05) is 13.8 Å². The third-order valence-electron chi connectivity index (χ3n) is 1.35. The van der Waals surface area contributed by atoms with E-state index in [0.29, 0.717) is 4.20 Å². The molecule has 1 heterocycles. The fourth-order valence-electron chi connectivity index (χ4n) is 0.767. The third-order valence-corrected chi connectivity index (χ3v) is 1.75. The number of hydrogen-bond acceptors (Lipinski definition) is 3. The van der Waals surface area contributed by atoms with Gasteiger partial charge in [0.1, 0.15) is 11.9 Å². The van der Waals surface area contributed by atoms with Crippen LogP contribution in [0.15, 0.2) is 9.98 Å². The zero-order valence-electron chi connectivity index (χ0n) is 5.83. The molecule has 0 unspecified atom stereocenters. The van der Waals surface area contributed by atoms with E-state index in [0.717, 1.165) is 5.71 Å². The molecule has 0 N–H and O–H groups in total. The molecule has 0 aliphatic carbocycles. The molecule has 1 aliphatic heterocycles. The molecule has 0 spiro atoms. The SMILES string of the molecule is CC1(C)N=CN=C1C(=S)S. The van der Waals surface area contributed by atoms with Gasteiger partial charge in [0.2, 0.25) is 0 Å². The molecule has 0 radical (unpaired) electrons. The summed E-state index contributed by atoms with van der Waals surface area (Å²) >= 11 is 8.88. The molecule has 1 rings (SSSR count). The molecule has 10 heavy (non-hydrogen) atoms. The van der Waals surface area contributed by atoms with Crippen LogP contribution >= 0.6 is 24.8 Å². The Kier molecular flexibility index (Phi) is 1.92. The monoisotopic (exact) mass is 172 g/mol. The van der Waals surface area contributed by atoms with Crippen molar-refractivity contribution in [3.05, 3.63) is 0 Å². The molecule has 0 aromatic carbocycles. The van der Waals surface area contributed by atoms with E-state index in [9.17, 15) is 0 Å². The summed E-state index contributed by atoms with van der Waals surface area (Å²) in [6.07, 6.45) is 1.53. The summed E-state index contributed by atoms with van der Waals surface area (Å²) < 4.78 is 0.530. The van der Waals surface area contributed by atoms with Gasteiger partial charge in [-0.1, -0.05) is 12.2 Å². The molecule has 0 saturated heterocycles. The topological polar surface area (TPSA) is 24.7 Å². The molecular weight excluding hydrogens is 164 g/mol. The Hall–Kier alpha value is -0.220. The Balaban J connectivity index is 2.93. The first-order valence-electron chi connectivity index (χ1n) is 2.89. The van der Waals surface area contributed by atoms with Crippen LogP contribution in [0.25, 0.3) is 0 Å². The Morgan fingerprint density at radius 2 is 2.30 bits per heavy atom. The van der Waals surface area contributed by atoms with Crippen molar-refractivity contribution >= 4 is 41.1 Å². The lowest BCUT2D eigenvalue weighted by molar-refractivity contribution is 0.726. The zero-order valence-corrected chi connectivity index (χ0v) is 7.54. The van der Waals surface area contributed by atoms with Gasteiger partial charge in [-0.15, -0.1) is 12.6 Å². The van der Waals surface area contributed by atoms with Gasteiger partial charge < -0.3 is 0 Å². The van der Waals surface area contributed by atoms with Gasteiger partial charge >= 0.3 is 0 Å². The van der Waals surface area contributed by atoms with E-state index in [-0.39, 0.29) is 5.54 Å². The molecule has 1 aliphatic rings. The predicted molar refractivity (Wildman–Crippen MR) is 51.6 cm³/mol. The molecular formula is C6H8N2S2. The summed E-state index contributed by atoms with van der Waals surface area (Å²) in [5.41, 5.74) is 0.518. The standard InChI is InChI=1S/C6H8N2S2/c1-6(2)4(5(9)10)7-3-8-6/h3H,1-2H3,(H,9,10). The van der Waals surface area contributed by atoms with Crippen molar-refractivity contribution in [2.45, 2.75) is 19.4 Å². The number of nitrogens with zero attached hydrogens (tertiary/aromatic N) is 2. The second kappa shape index (κ2) is 2.43. The maximum Gasteiger partial charge on any atom is 0.111 e. The summed E-state index contributed by atoms with van der Waals surface area (Å²) in [6, 6.07) is 0. The van der Waals surface area contributed by atoms with Crippen molar-refractivity contribution in [3.8, 4) is 0 Å². The molecule has 0 fully saturated rings. The van der Waals surface area contributed by atoms with Crippen LogP contribution in [0.1, 0.15) is 13.8 Å². The number of thiocarbonyl (C=S) groups is 1. The first kappa shape index (κ1) is 7.88. The molecule has 0 saturated carbocycles. The van der Waals surface area contributed by atoms with Crippen LogP contribution in [0.5, 0.6) is 0 Å². The number of rotatable bonds is 1. The van der Waals surface area contributed by atoms with E-state index in [2.05, 4.69) is 22.6 Å². The Morgan fingerprint density at radius 1 is 1.70 bits per heavy atom. The van der Waals surface area contributed by atoms with Gasteiger partial charge in [0.05, 0.1) is 9.91 Å². The highest BCUT2D eigenvalue weighted by Crippen LogP contribution is 2.17. The minimum Gasteiger partial charge on any atom is -0.261 e. The number of hydrogen-bond donors (Lipinski definition) is 1. The van der Waals surface area contributed by atoms with Gasteiger partial charge in [0.25, 0.3) is 0 Å². The molecule has 54 valence electrons. The normalized spacial score (nSPS) is 20.9. The molecule has 0 aromatic rings. The Labute approximate surface area is 70.9 Å². The van der Waals surface area contributed by atoms with Gasteiger partial charge in [-0.25, -0.2) is 4.99 Å². The van der Waals surface area contributed by atoms with E-state index in [1.54, 1.807) is 0 Å². The fourth-order valence-corrected chi connectivity index (χ4v) is 1.40. The van der Waals surface area contributed by atoms with Crippen molar-refractivity contribution in [1.82, 2.24) is 0 Å². The zero-order chi connectivity index (χ0) is 7.78. The van der Waals surface area contributed by atoms with Crippen LogP contribution < -0.4 is 0 Å². The van der Waals surface area contributed by atoms with Crippen molar-refractivity contribution in [3.63, 3.8) is 0 Å². The van der Waals surface area contributed by atoms with Crippen molar-refractivity contribution in [2.24, 2.45) is 9.98 Å². The average Bonchev–Trinajstić information content (AvgIpc) is 2.08. The summed E-state index contributed by atoms with van der Waals surface area (Å²) in [7, 11) is 0. The number of aliphatic imine (C=N–C) groups is 2. The molecule has 4 heteroatoms. The van der Waals surface area contributed by atoms with Crippen molar-refractivity contribution in [1.29, 1.82) is 0 Å². The van der Waals surface area contributed by atoms with Gasteiger partial charge in [-0.3, -0.25) is 4.99 Å². The summed E-state index contributed by atoms with van der Waals surface area (Å²) in [4.78, 5) is 8.10. The minimum absolute atomic E-state index is 0.265. The van der Waals surface area contributed by atoms with Gasteiger partial charge in [-0.05, 0) is 13.8 Å². The van der Waals surface area contributed by atoms with E-state index >= 15 is 0 Å². The van der Waals surface area contributed by atoms with E-state index in [1.165, 1.54) is 6.34 Å². The van der Waals surface area contributed by atoms with Crippen molar-refractivity contribution < 1.29 is 0 Å². The smallest absolute Gasteiger partial charge is 0.111 e. The lowest BCUT2D eigenvalue weighted by Crippen LogP contribution is -2.29. The molecule has 0 bridgehead atoms. The van der Waals surface area contributed by atoms with Gasteiger partial charge in [0.15, 0.2) is 0 Å². The maximum atomic E-state index is 4.86. The van der Waals surface area contributed by atoms with Crippen LogP contribution in [0.3, 0.4) is 0 Å². The van der Waals surface area contributed by atoms with Crippen LogP contribution in [0.2, 0.25) is 0 Å². The van der Waals surface area contributed by atoms with Crippen molar-refractivity contribution in [2.75, 3.05) is 0 Å². The molecule has 0 aromatic heterocycles. The average molecular weight is 172 g/mol. The second-order valence-corrected chi connectivity index (χ2v) is 3.74. The number of thiol groups is 1. The second-order valence-electron chi connectivity index (χ2n) is 2.59. The van der Waals surface area contributed by atoms with Crippen LogP contribution in [-0.4, -0.2) is 21.8 Å². The maximum absolute atomic E-state index is 4.86. The highest BCUT2D eigenvalue weighted by Gasteiger charge is 2.28. The molecule has 0 atom stereocenters. The highest BCUT2D eigenvalue weighted by atomic mass is 32.1. The Bertz CT molecular complexity index is 228. The summed E-state index contributed by atoms with van der Waals surface area (Å²) in [5, 5.41) is 0. The van der Waals surface area contributed by atoms with Crippen LogP contribution in [0.4, 0.5) is 0 Å². The molecule has 2 nitrogen and oxygen atoms in total. The predicted octanol–water partition coefficient (Wildman–Crippen LogP) is 1.51.